The molecule has 0 aliphatic carbocycles. The van der Waals surface area contributed by atoms with Crippen LogP contribution in [0.15, 0.2) is 18.2 Å². The van der Waals surface area contributed by atoms with Gasteiger partial charge in [-0.05, 0) is 56.5 Å². The van der Waals surface area contributed by atoms with Gasteiger partial charge in [-0.3, -0.25) is 0 Å². The molecule has 0 aliphatic heterocycles. The van der Waals surface area contributed by atoms with Crippen molar-refractivity contribution in [2.75, 3.05) is 13.2 Å². The first-order valence-electron chi connectivity index (χ1n) is 7.91. The van der Waals surface area contributed by atoms with Gasteiger partial charge in [0.25, 0.3) is 0 Å². The van der Waals surface area contributed by atoms with Crippen LogP contribution in [0, 0.1) is 5.82 Å². The molecule has 0 aliphatic rings. The van der Waals surface area contributed by atoms with E-state index in [0.717, 1.165) is 31.4 Å². The Morgan fingerprint density at radius 3 is 2.62 bits per heavy atom. The normalized spacial score (nSPS) is 14.1. The summed E-state index contributed by atoms with van der Waals surface area (Å²) >= 11 is 6.20. The van der Waals surface area contributed by atoms with Crippen LogP contribution in [-0.2, 0) is 11.2 Å². The quantitative estimate of drug-likeness (QED) is 0.681. The van der Waals surface area contributed by atoms with E-state index < -0.39 is 0 Å². The predicted molar refractivity (Wildman–Crippen MR) is 87.5 cm³/mol. The summed E-state index contributed by atoms with van der Waals surface area (Å²) in [5.74, 6) is -0.243. The van der Waals surface area contributed by atoms with Crippen molar-refractivity contribution in [1.29, 1.82) is 0 Å². The second kappa shape index (κ2) is 10.1. The fraction of sp³-hybridized carbons (Fsp3) is 0.647. The molecule has 120 valence electrons. The van der Waals surface area contributed by atoms with Gasteiger partial charge in [0.1, 0.15) is 5.82 Å². The molecule has 0 bridgehead atoms. The monoisotopic (exact) mass is 315 g/mol. The van der Waals surface area contributed by atoms with E-state index in [1.54, 1.807) is 6.07 Å². The van der Waals surface area contributed by atoms with Gasteiger partial charge in [-0.25, -0.2) is 4.39 Å². The van der Waals surface area contributed by atoms with Crippen LogP contribution in [0.2, 0.25) is 5.02 Å². The zero-order valence-corrected chi connectivity index (χ0v) is 14.0. The minimum Gasteiger partial charge on any atom is -0.377 e. The maximum Gasteiger partial charge on any atom is 0.123 e. The summed E-state index contributed by atoms with van der Waals surface area (Å²) in [7, 11) is 0. The van der Waals surface area contributed by atoms with E-state index in [1.165, 1.54) is 12.1 Å². The van der Waals surface area contributed by atoms with Crippen LogP contribution in [0.5, 0.6) is 0 Å². The molecular weight excluding hydrogens is 289 g/mol. The van der Waals surface area contributed by atoms with Crippen LogP contribution in [0.1, 0.15) is 45.6 Å². The molecule has 0 amide bonds. The SMILES string of the molecule is CCCNC(Cc1cc(F)ccc1Cl)C(CCC)OCC. The molecule has 0 aromatic heterocycles. The van der Waals surface area contributed by atoms with E-state index in [1.807, 2.05) is 6.92 Å². The van der Waals surface area contributed by atoms with Crippen LogP contribution in [0.4, 0.5) is 4.39 Å². The third-order valence-corrected chi connectivity index (χ3v) is 3.88. The van der Waals surface area contributed by atoms with E-state index >= 15 is 0 Å². The highest BCUT2D eigenvalue weighted by atomic mass is 35.5. The number of nitrogens with one attached hydrogen (secondary N) is 1. The second-order valence-corrected chi connectivity index (χ2v) is 5.69. The Hall–Kier alpha value is -0.640. The average molecular weight is 316 g/mol. The van der Waals surface area contributed by atoms with Crippen molar-refractivity contribution in [3.63, 3.8) is 0 Å². The Bertz CT molecular complexity index is 408. The first-order chi connectivity index (χ1) is 10.1. The van der Waals surface area contributed by atoms with Gasteiger partial charge in [-0.15, -0.1) is 0 Å². The van der Waals surface area contributed by atoms with E-state index in [-0.39, 0.29) is 18.0 Å². The fourth-order valence-corrected chi connectivity index (χ4v) is 2.70. The van der Waals surface area contributed by atoms with Gasteiger partial charge in [0.05, 0.1) is 6.10 Å². The van der Waals surface area contributed by atoms with Crippen molar-refractivity contribution in [2.24, 2.45) is 0 Å². The molecule has 0 saturated heterocycles. The van der Waals surface area contributed by atoms with Crippen LogP contribution in [-0.4, -0.2) is 25.3 Å². The Morgan fingerprint density at radius 1 is 1.24 bits per heavy atom. The van der Waals surface area contributed by atoms with E-state index in [0.29, 0.717) is 18.1 Å². The van der Waals surface area contributed by atoms with Gasteiger partial charge in [0.2, 0.25) is 0 Å². The summed E-state index contributed by atoms with van der Waals surface area (Å²) in [4.78, 5) is 0. The van der Waals surface area contributed by atoms with Crippen LogP contribution < -0.4 is 5.32 Å². The summed E-state index contributed by atoms with van der Waals surface area (Å²) in [6, 6.07) is 4.70. The molecule has 2 nitrogen and oxygen atoms in total. The van der Waals surface area contributed by atoms with Crippen LogP contribution in [0.25, 0.3) is 0 Å². The molecule has 4 heteroatoms. The number of hydrogen-bond donors (Lipinski definition) is 1. The van der Waals surface area contributed by atoms with Crippen molar-refractivity contribution < 1.29 is 9.13 Å². The Balaban J connectivity index is 2.86. The van der Waals surface area contributed by atoms with Crippen LogP contribution >= 0.6 is 11.6 Å². The molecule has 21 heavy (non-hydrogen) atoms. The van der Waals surface area contributed by atoms with Gasteiger partial charge in [-0.2, -0.15) is 0 Å². The molecule has 1 N–H and O–H groups in total. The Kier molecular flexibility index (Phi) is 8.90. The average Bonchev–Trinajstić information content (AvgIpc) is 2.47. The lowest BCUT2D eigenvalue weighted by molar-refractivity contribution is 0.0282. The highest BCUT2D eigenvalue weighted by Crippen LogP contribution is 2.21. The molecule has 0 saturated carbocycles. The minimum absolute atomic E-state index is 0.130. The summed E-state index contributed by atoms with van der Waals surface area (Å²) < 4.78 is 19.3. The lowest BCUT2D eigenvalue weighted by Crippen LogP contribution is -2.43. The van der Waals surface area contributed by atoms with Gasteiger partial charge in [0, 0.05) is 17.7 Å². The molecule has 0 spiro atoms. The lowest BCUT2D eigenvalue weighted by atomic mass is 9.97. The molecular formula is C17H27ClFNO. The first-order valence-corrected chi connectivity index (χ1v) is 8.29. The Morgan fingerprint density at radius 2 is 2.00 bits per heavy atom. The van der Waals surface area contributed by atoms with Gasteiger partial charge >= 0.3 is 0 Å². The van der Waals surface area contributed by atoms with Crippen molar-refractivity contribution in [3.05, 3.63) is 34.6 Å². The maximum atomic E-state index is 13.4. The molecule has 1 aromatic carbocycles. The Labute approximate surface area is 133 Å². The topological polar surface area (TPSA) is 21.3 Å². The first kappa shape index (κ1) is 18.4. The van der Waals surface area contributed by atoms with E-state index in [9.17, 15) is 4.39 Å². The van der Waals surface area contributed by atoms with Crippen molar-refractivity contribution in [3.8, 4) is 0 Å². The fourth-order valence-electron chi connectivity index (χ4n) is 2.50. The van der Waals surface area contributed by atoms with E-state index in [4.69, 9.17) is 16.3 Å². The zero-order chi connectivity index (χ0) is 15.7. The standard InChI is InChI=1S/C17H27ClFNO/c1-4-7-17(21-6-3)16(20-10-5-2)12-13-11-14(19)8-9-15(13)18/h8-9,11,16-17,20H,4-7,10,12H2,1-3H3. The second-order valence-electron chi connectivity index (χ2n) is 5.28. The van der Waals surface area contributed by atoms with Gasteiger partial charge in [0.15, 0.2) is 0 Å². The number of ether oxygens (including phenoxy) is 1. The third-order valence-electron chi connectivity index (χ3n) is 3.51. The molecule has 0 radical (unpaired) electrons. The number of hydrogen-bond acceptors (Lipinski definition) is 2. The molecule has 0 heterocycles. The molecule has 2 atom stereocenters. The molecule has 1 aromatic rings. The minimum atomic E-state index is -0.243. The molecule has 2 unspecified atom stereocenters. The predicted octanol–water partition coefficient (Wildman–Crippen LogP) is 4.60. The lowest BCUT2D eigenvalue weighted by Gasteiger charge is -2.28. The van der Waals surface area contributed by atoms with E-state index in [2.05, 4.69) is 19.2 Å². The highest BCUT2D eigenvalue weighted by Gasteiger charge is 2.22. The zero-order valence-electron chi connectivity index (χ0n) is 13.3. The summed E-state index contributed by atoms with van der Waals surface area (Å²) in [5.41, 5.74) is 0.839. The highest BCUT2D eigenvalue weighted by molar-refractivity contribution is 6.31. The summed E-state index contributed by atoms with van der Waals surface area (Å²) in [5, 5.41) is 4.15. The largest absolute Gasteiger partial charge is 0.377 e. The molecule has 1 rings (SSSR count). The van der Waals surface area contributed by atoms with Crippen molar-refractivity contribution in [2.45, 2.75) is 58.6 Å². The van der Waals surface area contributed by atoms with Crippen molar-refractivity contribution >= 4 is 11.6 Å². The maximum absolute atomic E-state index is 13.4. The van der Waals surface area contributed by atoms with Crippen molar-refractivity contribution in [1.82, 2.24) is 5.32 Å². The van der Waals surface area contributed by atoms with Crippen LogP contribution in [0.3, 0.4) is 0 Å². The third kappa shape index (κ3) is 6.33. The summed E-state index contributed by atoms with van der Waals surface area (Å²) in [6.45, 7) is 7.90. The number of halogens is 2. The number of benzene rings is 1. The van der Waals surface area contributed by atoms with Gasteiger partial charge < -0.3 is 10.1 Å². The molecule has 0 fully saturated rings. The van der Waals surface area contributed by atoms with Gasteiger partial charge in [-0.1, -0.05) is 31.9 Å². The number of rotatable bonds is 10. The summed E-state index contributed by atoms with van der Waals surface area (Å²) in [6.07, 6.45) is 3.92. The smallest absolute Gasteiger partial charge is 0.123 e.